The third-order valence-corrected chi connectivity index (χ3v) is 5.49. The Morgan fingerprint density at radius 2 is 1.63 bits per heavy atom. The van der Waals surface area contributed by atoms with Gasteiger partial charge in [0.05, 0.1) is 12.2 Å². The number of urea groups is 1. The van der Waals surface area contributed by atoms with Gasteiger partial charge in [-0.1, -0.05) is 25.7 Å². The summed E-state index contributed by atoms with van der Waals surface area (Å²) in [5, 5.41) is 3.23. The Kier molecular flexibility index (Phi) is 6.96. The molecule has 3 rings (SSSR count). The van der Waals surface area contributed by atoms with E-state index in [2.05, 4.69) is 10.2 Å². The Bertz CT molecular complexity index is 616. The van der Waals surface area contributed by atoms with Crippen LogP contribution in [0.1, 0.15) is 55.8 Å². The second kappa shape index (κ2) is 9.62. The SMILES string of the molecule is CCOC(=O)c1ccc(N2CCN(C(=O)NC3CCCCCC3)CC2)cc1. The first-order valence-electron chi connectivity index (χ1n) is 10.2. The number of nitrogens with one attached hydrogen (secondary N) is 1. The fourth-order valence-corrected chi connectivity index (χ4v) is 3.88. The maximum atomic E-state index is 12.5. The molecule has 1 aromatic rings. The summed E-state index contributed by atoms with van der Waals surface area (Å²) in [6, 6.07) is 7.94. The van der Waals surface area contributed by atoms with Gasteiger partial charge in [-0.05, 0) is 44.0 Å². The van der Waals surface area contributed by atoms with E-state index in [4.69, 9.17) is 4.74 Å². The molecule has 0 aromatic heterocycles. The van der Waals surface area contributed by atoms with Crippen LogP contribution < -0.4 is 10.2 Å². The van der Waals surface area contributed by atoms with Crippen LogP contribution in [-0.2, 0) is 4.74 Å². The lowest BCUT2D eigenvalue weighted by molar-refractivity contribution is 0.0526. The van der Waals surface area contributed by atoms with E-state index in [0.29, 0.717) is 18.2 Å². The molecular weight excluding hydrogens is 342 g/mol. The minimum absolute atomic E-state index is 0.0826. The minimum Gasteiger partial charge on any atom is -0.462 e. The van der Waals surface area contributed by atoms with E-state index >= 15 is 0 Å². The number of hydrogen-bond donors (Lipinski definition) is 1. The molecule has 6 nitrogen and oxygen atoms in total. The predicted octanol–water partition coefficient (Wildman–Crippen LogP) is 3.42. The van der Waals surface area contributed by atoms with Crippen molar-refractivity contribution in [2.24, 2.45) is 0 Å². The molecule has 6 heteroatoms. The number of piperazine rings is 1. The van der Waals surface area contributed by atoms with Crippen LogP contribution in [0, 0.1) is 0 Å². The Labute approximate surface area is 161 Å². The summed E-state index contributed by atoms with van der Waals surface area (Å²) in [7, 11) is 0. The number of benzene rings is 1. The first kappa shape index (κ1) is 19.5. The zero-order valence-electron chi connectivity index (χ0n) is 16.3. The number of hydrogen-bond acceptors (Lipinski definition) is 4. The third-order valence-electron chi connectivity index (χ3n) is 5.49. The average Bonchev–Trinajstić information content (AvgIpc) is 2.97. The van der Waals surface area contributed by atoms with Crippen molar-refractivity contribution >= 4 is 17.7 Å². The Balaban J connectivity index is 1.48. The normalized spacial score (nSPS) is 18.7. The van der Waals surface area contributed by atoms with E-state index in [-0.39, 0.29) is 12.0 Å². The molecule has 0 unspecified atom stereocenters. The zero-order chi connectivity index (χ0) is 19.1. The van der Waals surface area contributed by atoms with E-state index in [9.17, 15) is 9.59 Å². The number of ether oxygens (including phenoxy) is 1. The summed E-state index contributed by atoms with van der Waals surface area (Å²) in [6.07, 6.45) is 7.25. The van der Waals surface area contributed by atoms with Gasteiger partial charge >= 0.3 is 12.0 Å². The lowest BCUT2D eigenvalue weighted by Gasteiger charge is -2.36. The number of amides is 2. The molecule has 1 heterocycles. The molecule has 1 N–H and O–H groups in total. The van der Waals surface area contributed by atoms with Crippen LogP contribution in [0.2, 0.25) is 0 Å². The van der Waals surface area contributed by atoms with Crippen LogP contribution in [0.4, 0.5) is 10.5 Å². The molecule has 0 radical (unpaired) electrons. The largest absolute Gasteiger partial charge is 0.462 e. The molecule has 0 bridgehead atoms. The van der Waals surface area contributed by atoms with E-state index < -0.39 is 0 Å². The molecule has 27 heavy (non-hydrogen) atoms. The van der Waals surface area contributed by atoms with Gasteiger partial charge in [-0.25, -0.2) is 9.59 Å². The van der Waals surface area contributed by atoms with Crippen LogP contribution in [0.3, 0.4) is 0 Å². The fourth-order valence-electron chi connectivity index (χ4n) is 3.88. The second-order valence-corrected chi connectivity index (χ2v) is 7.38. The molecule has 0 atom stereocenters. The van der Waals surface area contributed by atoms with E-state index in [1.54, 1.807) is 19.1 Å². The maximum absolute atomic E-state index is 12.5. The van der Waals surface area contributed by atoms with Crippen molar-refractivity contribution in [1.82, 2.24) is 10.2 Å². The Morgan fingerprint density at radius 1 is 1.00 bits per heavy atom. The molecule has 1 aliphatic carbocycles. The summed E-state index contributed by atoms with van der Waals surface area (Å²) < 4.78 is 5.02. The maximum Gasteiger partial charge on any atom is 0.338 e. The minimum atomic E-state index is -0.288. The van der Waals surface area contributed by atoms with Gasteiger partial charge in [0.15, 0.2) is 0 Å². The summed E-state index contributed by atoms with van der Waals surface area (Å²) in [4.78, 5) is 28.5. The number of carbonyl (C=O) groups is 2. The molecule has 2 fully saturated rings. The summed E-state index contributed by atoms with van der Waals surface area (Å²) >= 11 is 0. The first-order valence-corrected chi connectivity index (χ1v) is 10.2. The molecule has 1 saturated heterocycles. The Morgan fingerprint density at radius 3 is 2.22 bits per heavy atom. The van der Waals surface area contributed by atoms with Crippen LogP contribution >= 0.6 is 0 Å². The molecular formula is C21H31N3O3. The highest BCUT2D eigenvalue weighted by molar-refractivity contribution is 5.89. The van der Waals surface area contributed by atoms with Crippen LogP contribution in [-0.4, -0.2) is 55.7 Å². The smallest absolute Gasteiger partial charge is 0.338 e. The van der Waals surface area contributed by atoms with Crippen LogP contribution in [0.25, 0.3) is 0 Å². The van der Waals surface area contributed by atoms with Crippen molar-refractivity contribution in [1.29, 1.82) is 0 Å². The van der Waals surface area contributed by atoms with Crippen molar-refractivity contribution in [2.75, 3.05) is 37.7 Å². The van der Waals surface area contributed by atoms with E-state index in [0.717, 1.165) is 44.7 Å². The van der Waals surface area contributed by atoms with Gasteiger partial charge < -0.3 is 19.9 Å². The molecule has 2 amide bonds. The molecule has 148 valence electrons. The van der Waals surface area contributed by atoms with Gasteiger partial charge in [0.25, 0.3) is 0 Å². The topological polar surface area (TPSA) is 61.9 Å². The average molecular weight is 373 g/mol. The highest BCUT2D eigenvalue weighted by atomic mass is 16.5. The predicted molar refractivity (Wildman–Crippen MR) is 106 cm³/mol. The fraction of sp³-hybridized carbons (Fsp3) is 0.619. The highest BCUT2D eigenvalue weighted by Crippen LogP contribution is 2.19. The monoisotopic (exact) mass is 373 g/mol. The molecule has 2 aliphatic rings. The highest BCUT2D eigenvalue weighted by Gasteiger charge is 2.23. The Hall–Kier alpha value is -2.24. The van der Waals surface area contributed by atoms with Crippen molar-refractivity contribution in [2.45, 2.75) is 51.5 Å². The van der Waals surface area contributed by atoms with Gasteiger partial charge in [0, 0.05) is 37.9 Å². The van der Waals surface area contributed by atoms with Gasteiger partial charge in [-0.3, -0.25) is 0 Å². The van der Waals surface area contributed by atoms with Crippen LogP contribution in [0.5, 0.6) is 0 Å². The van der Waals surface area contributed by atoms with E-state index in [1.165, 1.54) is 25.7 Å². The lowest BCUT2D eigenvalue weighted by Crippen LogP contribution is -2.53. The quantitative estimate of drug-likeness (QED) is 0.649. The summed E-state index contributed by atoms with van der Waals surface area (Å²) in [5.41, 5.74) is 1.65. The standard InChI is InChI=1S/C21H31N3O3/c1-2-27-20(25)17-9-11-19(12-10-17)23-13-15-24(16-14-23)21(26)22-18-7-5-3-4-6-8-18/h9-12,18H,2-8,13-16H2,1H3,(H,22,26). The van der Waals surface area contributed by atoms with E-state index in [1.807, 2.05) is 17.0 Å². The van der Waals surface area contributed by atoms with Gasteiger partial charge in [0.1, 0.15) is 0 Å². The first-order chi connectivity index (χ1) is 13.2. The van der Waals surface area contributed by atoms with Crippen LogP contribution in [0.15, 0.2) is 24.3 Å². The molecule has 0 spiro atoms. The number of nitrogens with zero attached hydrogens (tertiary/aromatic N) is 2. The number of carbonyl (C=O) groups excluding carboxylic acids is 2. The molecule has 1 aromatic carbocycles. The summed E-state index contributed by atoms with van der Waals surface area (Å²) in [5.74, 6) is -0.288. The third kappa shape index (κ3) is 5.37. The van der Waals surface area contributed by atoms with Crippen molar-refractivity contribution in [3.63, 3.8) is 0 Å². The summed E-state index contributed by atoms with van der Waals surface area (Å²) in [6.45, 7) is 5.23. The van der Waals surface area contributed by atoms with Crippen molar-refractivity contribution < 1.29 is 14.3 Å². The van der Waals surface area contributed by atoms with Gasteiger partial charge in [-0.15, -0.1) is 0 Å². The zero-order valence-corrected chi connectivity index (χ0v) is 16.3. The molecule has 1 aliphatic heterocycles. The lowest BCUT2D eigenvalue weighted by atomic mass is 10.1. The second-order valence-electron chi connectivity index (χ2n) is 7.38. The number of rotatable bonds is 4. The van der Waals surface area contributed by atoms with Crippen molar-refractivity contribution in [3.05, 3.63) is 29.8 Å². The van der Waals surface area contributed by atoms with Gasteiger partial charge in [-0.2, -0.15) is 0 Å². The number of anilines is 1. The van der Waals surface area contributed by atoms with Crippen molar-refractivity contribution in [3.8, 4) is 0 Å². The molecule has 1 saturated carbocycles. The van der Waals surface area contributed by atoms with Gasteiger partial charge in [0.2, 0.25) is 0 Å². The number of esters is 1.